The predicted octanol–water partition coefficient (Wildman–Crippen LogP) is 0.804. The van der Waals surface area contributed by atoms with Gasteiger partial charge in [0.05, 0.1) is 12.6 Å². The monoisotopic (exact) mass is 185 g/mol. The van der Waals surface area contributed by atoms with E-state index in [0.29, 0.717) is 24.9 Å². The molecule has 5 nitrogen and oxygen atoms in total. The molecule has 1 unspecified atom stereocenters. The van der Waals surface area contributed by atoms with Crippen LogP contribution in [0.2, 0.25) is 0 Å². The summed E-state index contributed by atoms with van der Waals surface area (Å²) in [4.78, 5) is 4.01. The minimum absolute atomic E-state index is 0.288. The fourth-order valence-corrected chi connectivity index (χ4v) is 0.895. The molecular weight excluding hydrogens is 170 g/mol. The molecule has 1 rings (SSSR count). The topological polar surface area (TPSA) is 74.2 Å². The minimum Gasteiger partial charge on any atom is -0.379 e. The fourth-order valence-electron chi connectivity index (χ4n) is 0.895. The second-order valence-corrected chi connectivity index (χ2v) is 2.85. The van der Waals surface area contributed by atoms with E-state index < -0.39 is 0 Å². The summed E-state index contributed by atoms with van der Waals surface area (Å²) in [6, 6.07) is -0.288. The van der Waals surface area contributed by atoms with Gasteiger partial charge in [0, 0.05) is 13.5 Å². The van der Waals surface area contributed by atoms with Gasteiger partial charge in [-0.25, -0.2) is 0 Å². The summed E-state index contributed by atoms with van der Waals surface area (Å²) >= 11 is 0. The second kappa shape index (κ2) is 4.94. The van der Waals surface area contributed by atoms with Crippen LogP contribution in [0.1, 0.15) is 31.1 Å². The van der Waals surface area contributed by atoms with E-state index in [1.165, 1.54) is 0 Å². The highest BCUT2D eigenvalue weighted by molar-refractivity contribution is 4.91. The summed E-state index contributed by atoms with van der Waals surface area (Å²) in [6.45, 7) is 4.93. The Morgan fingerprint density at radius 1 is 1.62 bits per heavy atom. The summed E-state index contributed by atoms with van der Waals surface area (Å²) in [5.74, 6) is 1.04. The van der Waals surface area contributed by atoms with Crippen molar-refractivity contribution in [3.8, 4) is 0 Å². The second-order valence-electron chi connectivity index (χ2n) is 2.85. The summed E-state index contributed by atoms with van der Waals surface area (Å²) in [5.41, 5.74) is 5.74. The highest BCUT2D eigenvalue weighted by atomic mass is 16.5. The lowest BCUT2D eigenvalue weighted by molar-refractivity contribution is 0.119. The number of nitrogens with two attached hydrogens (primary N) is 1. The van der Waals surface area contributed by atoms with Gasteiger partial charge in [-0.2, -0.15) is 4.98 Å². The first-order valence-electron chi connectivity index (χ1n) is 4.37. The molecule has 0 bridgehead atoms. The van der Waals surface area contributed by atoms with E-state index in [0.717, 1.165) is 6.42 Å². The fraction of sp³-hybridized carbons (Fsp3) is 0.750. The van der Waals surface area contributed by atoms with Crippen LogP contribution in [0.25, 0.3) is 0 Å². The van der Waals surface area contributed by atoms with Crippen molar-refractivity contribution in [2.45, 2.75) is 26.3 Å². The molecule has 0 saturated carbocycles. The van der Waals surface area contributed by atoms with Gasteiger partial charge in [-0.15, -0.1) is 0 Å². The first-order valence-corrected chi connectivity index (χ1v) is 4.37. The Morgan fingerprint density at radius 2 is 2.38 bits per heavy atom. The standard InChI is InChI=1S/C8H15N3O2/c1-3-4-12-5-7(9)8-10-6(2)13-11-8/h7H,3-5,9H2,1-2H3. The van der Waals surface area contributed by atoms with Crippen LogP contribution in [0.15, 0.2) is 4.52 Å². The Morgan fingerprint density at radius 3 is 2.92 bits per heavy atom. The van der Waals surface area contributed by atoms with E-state index in [1.54, 1.807) is 6.92 Å². The van der Waals surface area contributed by atoms with Crippen molar-refractivity contribution < 1.29 is 9.26 Å². The molecule has 1 atom stereocenters. The van der Waals surface area contributed by atoms with Gasteiger partial charge in [0.15, 0.2) is 5.82 Å². The third-order valence-corrected chi connectivity index (χ3v) is 1.52. The normalized spacial score (nSPS) is 13.2. The van der Waals surface area contributed by atoms with Crippen LogP contribution >= 0.6 is 0 Å². The van der Waals surface area contributed by atoms with Gasteiger partial charge in [-0.1, -0.05) is 12.1 Å². The molecule has 0 saturated heterocycles. The molecule has 0 amide bonds. The first kappa shape index (κ1) is 10.1. The molecule has 1 aromatic rings. The van der Waals surface area contributed by atoms with Gasteiger partial charge in [0.25, 0.3) is 0 Å². The zero-order valence-corrected chi connectivity index (χ0v) is 7.99. The van der Waals surface area contributed by atoms with Crippen LogP contribution in [0.4, 0.5) is 0 Å². The molecule has 0 fully saturated rings. The maximum absolute atomic E-state index is 5.74. The summed E-state index contributed by atoms with van der Waals surface area (Å²) in [7, 11) is 0. The number of aryl methyl sites for hydroxylation is 1. The lowest BCUT2D eigenvalue weighted by atomic mass is 10.3. The van der Waals surface area contributed by atoms with Crippen molar-refractivity contribution >= 4 is 0 Å². The van der Waals surface area contributed by atoms with Crippen LogP contribution in [-0.4, -0.2) is 23.4 Å². The molecule has 2 N–H and O–H groups in total. The number of rotatable bonds is 5. The molecule has 13 heavy (non-hydrogen) atoms. The minimum atomic E-state index is -0.288. The summed E-state index contributed by atoms with van der Waals surface area (Å²) < 4.78 is 10.1. The molecule has 0 spiro atoms. The van der Waals surface area contributed by atoms with Crippen LogP contribution in [-0.2, 0) is 4.74 Å². The Labute approximate surface area is 77.3 Å². The Bertz CT molecular complexity index is 249. The van der Waals surface area contributed by atoms with E-state index in [9.17, 15) is 0 Å². The van der Waals surface area contributed by atoms with Crippen LogP contribution in [0, 0.1) is 6.92 Å². The SMILES string of the molecule is CCCOCC(N)c1noc(C)n1. The van der Waals surface area contributed by atoms with Crippen molar-refractivity contribution in [2.24, 2.45) is 5.73 Å². The van der Waals surface area contributed by atoms with Crippen molar-refractivity contribution in [3.63, 3.8) is 0 Å². The Kier molecular flexibility index (Phi) is 3.85. The van der Waals surface area contributed by atoms with E-state index >= 15 is 0 Å². The average Bonchev–Trinajstić information content (AvgIpc) is 2.52. The molecule has 0 aromatic carbocycles. The molecule has 74 valence electrons. The molecule has 5 heteroatoms. The van der Waals surface area contributed by atoms with E-state index in [-0.39, 0.29) is 6.04 Å². The van der Waals surface area contributed by atoms with Gasteiger partial charge < -0.3 is 15.0 Å². The van der Waals surface area contributed by atoms with Gasteiger partial charge in [-0.05, 0) is 6.42 Å². The average molecular weight is 185 g/mol. The maximum atomic E-state index is 5.74. The zero-order chi connectivity index (χ0) is 9.68. The molecular formula is C8H15N3O2. The van der Waals surface area contributed by atoms with Crippen LogP contribution in [0.3, 0.4) is 0 Å². The van der Waals surface area contributed by atoms with Crippen molar-refractivity contribution in [3.05, 3.63) is 11.7 Å². The highest BCUT2D eigenvalue weighted by Crippen LogP contribution is 2.05. The van der Waals surface area contributed by atoms with Gasteiger partial charge in [-0.3, -0.25) is 0 Å². The highest BCUT2D eigenvalue weighted by Gasteiger charge is 2.12. The van der Waals surface area contributed by atoms with E-state index in [4.69, 9.17) is 15.0 Å². The Hall–Kier alpha value is -0.940. The smallest absolute Gasteiger partial charge is 0.223 e. The third kappa shape index (κ3) is 3.12. The molecule has 0 radical (unpaired) electrons. The van der Waals surface area contributed by atoms with Gasteiger partial charge in [0.1, 0.15) is 0 Å². The van der Waals surface area contributed by atoms with Crippen molar-refractivity contribution in [1.29, 1.82) is 0 Å². The van der Waals surface area contributed by atoms with Gasteiger partial charge >= 0.3 is 0 Å². The molecule has 0 aliphatic heterocycles. The third-order valence-electron chi connectivity index (χ3n) is 1.52. The summed E-state index contributed by atoms with van der Waals surface area (Å²) in [5, 5.41) is 3.70. The molecule has 1 aromatic heterocycles. The van der Waals surface area contributed by atoms with E-state index in [1.807, 2.05) is 6.92 Å². The summed E-state index contributed by atoms with van der Waals surface area (Å²) in [6.07, 6.45) is 0.984. The number of nitrogens with zero attached hydrogens (tertiary/aromatic N) is 2. The quantitative estimate of drug-likeness (QED) is 0.687. The lowest BCUT2D eigenvalue weighted by Crippen LogP contribution is -2.18. The first-order chi connectivity index (χ1) is 6.24. The number of ether oxygens (including phenoxy) is 1. The molecule has 1 heterocycles. The van der Waals surface area contributed by atoms with Crippen LogP contribution in [0.5, 0.6) is 0 Å². The lowest BCUT2D eigenvalue weighted by Gasteiger charge is -2.06. The van der Waals surface area contributed by atoms with Crippen molar-refractivity contribution in [1.82, 2.24) is 10.1 Å². The molecule has 0 aliphatic rings. The predicted molar refractivity (Wildman–Crippen MR) is 47.1 cm³/mol. The van der Waals surface area contributed by atoms with Crippen LogP contribution < -0.4 is 5.73 Å². The Balaban J connectivity index is 2.35. The molecule has 0 aliphatic carbocycles. The number of aromatic nitrogens is 2. The van der Waals surface area contributed by atoms with Gasteiger partial charge in [0.2, 0.25) is 5.89 Å². The zero-order valence-electron chi connectivity index (χ0n) is 7.99. The largest absolute Gasteiger partial charge is 0.379 e. The van der Waals surface area contributed by atoms with Crippen molar-refractivity contribution in [2.75, 3.05) is 13.2 Å². The number of hydrogen-bond acceptors (Lipinski definition) is 5. The van der Waals surface area contributed by atoms with E-state index in [2.05, 4.69) is 10.1 Å². The maximum Gasteiger partial charge on any atom is 0.223 e. The number of hydrogen-bond donors (Lipinski definition) is 1.